The Hall–Kier alpha value is -1.10. The largest absolute Gasteiger partial charge is 0.462 e. The van der Waals surface area contributed by atoms with Crippen LogP contribution in [0.2, 0.25) is 0 Å². The minimum absolute atomic E-state index is 0.0820. The van der Waals surface area contributed by atoms with E-state index in [1.165, 1.54) is 13.8 Å². The lowest BCUT2D eigenvalue weighted by atomic mass is 9.35. The third-order valence-electron chi connectivity index (χ3n) is 7.28. The normalized spacial score (nSPS) is 48.7. The standard InChI is InChI=1S/C19H30O5/c1-9-7-12(22)16-17-15(9)19(16,6)14(24-11(3)21)8-13(18(17,4)5)23-10(2)20/h9,12-17,22H,7-8H2,1-6H3/t9-,12+,13+,14+,15-,16+,17-,19+/m0/s1. The molecule has 0 saturated heterocycles. The van der Waals surface area contributed by atoms with Crippen LogP contribution < -0.4 is 0 Å². The van der Waals surface area contributed by atoms with E-state index in [9.17, 15) is 14.7 Å². The number of carbonyl (C=O) groups is 2. The monoisotopic (exact) mass is 338 g/mol. The van der Waals surface area contributed by atoms with Gasteiger partial charge in [-0.05, 0) is 30.1 Å². The zero-order valence-corrected chi connectivity index (χ0v) is 15.5. The van der Waals surface area contributed by atoms with Crippen LogP contribution in [0.4, 0.5) is 0 Å². The second-order valence-corrected chi connectivity index (χ2v) is 8.98. The predicted octanol–water partition coefficient (Wildman–Crippen LogP) is 2.55. The van der Waals surface area contributed by atoms with E-state index in [0.29, 0.717) is 18.3 Å². The van der Waals surface area contributed by atoms with Crippen LogP contribution in [0.25, 0.3) is 0 Å². The number of hydrogen-bond donors (Lipinski definition) is 1. The summed E-state index contributed by atoms with van der Waals surface area (Å²) in [5.74, 6) is 0.452. The van der Waals surface area contributed by atoms with Crippen molar-refractivity contribution in [2.45, 2.75) is 72.7 Å². The van der Waals surface area contributed by atoms with Gasteiger partial charge >= 0.3 is 11.9 Å². The second-order valence-electron chi connectivity index (χ2n) is 8.98. The Labute approximate surface area is 144 Å². The van der Waals surface area contributed by atoms with E-state index in [4.69, 9.17) is 9.47 Å². The predicted molar refractivity (Wildman–Crippen MR) is 87.9 cm³/mol. The number of aliphatic hydroxyl groups excluding tert-OH is 1. The van der Waals surface area contributed by atoms with Crippen LogP contribution in [0.15, 0.2) is 0 Å². The number of ether oxygens (including phenoxy) is 2. The summed E-state index contributed by atoms with van der Waals surface area (Å²) in [5, 5.41) is 10.8. The highest BCUT2D eigenvalue weighted by molar-refractivity contribution is 5.67. The van der Waals surface area contributed by atoms with Crippen LogP contribution in [0.1, 0.15) is 54.4 Å². The lowest BCUT2D eigenvalue weighted by Crippen LogP contribution is -2.71. The van der Waals surface area contributed by atoms with Gasteiger partial charge in [-0.15, -0.1) is 0 Å². The zero-order valence-electron chi connectivity index (χ0n) is 15.5. The molecule has 5 heteroatoms. The molecular weight excluding hydrogens is 308 g/mol. The van der Waals surface area contributed by atoms with E-state index in [1.54, 1.807) is 0 Å². The van der Waals surface area contributed by atoms with Gasteiger partial charge in [-0.2, -0.15) is 0 Å². The molecule has 0 aromatic heterocycles. The number of rotatable bonds is 2. The van der Waals surface area contributed by atoms with Crippen molar-refractivity contribution in [2.75, 3.05) is 0 Å². The lowest BCUT2D eigenvalue weighted by Gasteiger charge is -2.70. The molecule has 0 heterocycles. The molecule has 5 nitrogen and oxygen atoms in total. The van der Waals surface area contributed by atoms with Crippen LogP contribution in [-0.4, -0.2) is 35.4 Å². The van der Waals surface area contributed by atoms with Crippen molar-refractivity contribution in [3.8, 4) is 0 Å². The molecule has 0 unspecified atom stereocenters. The van der Waals surface area contributed by atoms with Gasteiger partial charge in [0.25, 0.3) is 0 Å². The molecule has 4 rings (SSSR count). The summed E-state index contributed by atoms with van der Waals surface area (Å²) in [6, 6.07) is 0. The van der Waals surface area contributed by atoms with E-state index < -0.39 is 6.10 Å². The second kappa shape index (κ2) is 5.45. The third kappa shape index (κ3) is 2.23. The van der Waals surface area contributed by atoms with Gasteiger partial charge in [0.15, 0.2) is 0 Å². The topological polar surface area (TPSA) is 72.8 Å². The molecule has 0 aromatic carbocycles. The van der Waals surface area contributed by atoms with E-state index in [1.807, 2.05) is 0 Å². The third-order valence-corrected chi connectivity index (χ3v) is 7.28. The quantitative estimate of drug-likeness (QED) is 0.783. The molecule has 0 aromatic rings. The Morgan fingerprint density at radius 2 is 1.46 bits per heavy atom. The maximum Gasteiger partial charge on any atom is 0.302 e. The van der Waals surface area contributed by atoms with Crippen molar-refractivity contribution in [1.82, 2.24) is 0 Å². The summed E-state index contributed by atoms with van der Waals surface area (Å²) in [4.78, 5) is 23.3. The maximum atomic E-state index is 11.7. The summed E-state index contributed by atoms with van der Waals surface area (Å²) in [6.45, 7) is 11.4. The van der Waals surface area contributed by atoms with Crippen molar-refractivity contribution >= 4 is 11.9 Å². The highest BCUT2D eigenvalue weighted by atomic mass is 16.6. The average molecular weight is 338 g/mol. The molecule has 4 saturated carbocycles. The summed E-state index contributed by atoms with van der Waals surface area (Å²) < 4.78 is 11.4. The van der Waals surface area contributed by atoms with E-state index in [-0.39, 0.29) is 46.8 Å². The summed E-state index contributed by atoms with van der Waals surface area (Å²) in [7, 11) is 0. The zero-order chi connectivity index (χ0) is 18.0. The molecule has 0 amide bonds. The molecule has 4 aliphatic rings. The molecule has 24 heavy (non-hydrogen) atoms. The van der Waals surface area contributed by atoms with Crippen molar-refractivity contribution < 1.29 is 24.2 Å². The number of carbonyl (C=O) groups excluding carboxylic acids is 2. The van der Waals surface area contributed by atoms with Crippen molar-refractivity contribution in [2.24, 2.45) is 34.5 Å². The van der Waals surface area contributed by atoms with Crippen LogP contribution >= 0.6 is 0 Å². The molecule has 0 spiro atoms. The minimum atomic E-state index is -0.395. The van der Waals surface area contributed by atoms with Crippen molar-refractivity contribution in [1.29, 1.82) is 0 Å². The first kappa shape index (κ1) is 17.7. The first-order valence-electron chi connectivity index (χ1n) is 9.03. The highest BCUT2D eigenvalue weighted by Gasteiger charge is 2.75. The Balaban J connectivity index is 2.07. The Morgan fingerprint density at radius 3 is 1.96 bits per heavy atom. The van der Waals surface area contributed by atoms with Crippen LogP contribution in [0.3, 0.4) is 0 Å². The van der Waals surface area contributed by atoms with Gasteiger partial charge in [0, 0.05) is 31.1 Å². The van der Waals surface area contributed by atoms with Gasteiger partial charge in [-0.3, -0.25) is 9.59 Å². The molecule has 4 fully saturated rings. The fourth-order valence-electron chi connectivity index (χ4n) is 6.49. The van der Waals surface area contributed by atoms with Crippen molar-refractivity contribution in [3.05, 3.63) is 0 Å². The fourth-order valence-corrected chi connectivity index (χ4v) is 6.49. The fraction of sp³-hybridized carbons (Fsp3) is 0.895. The Morgan fingerprint density at radius 1 is 0.917 bits per heavy atom. The first-order valence-corrected chi connectivity index (χ1v) is 9.03. The maximum absolute atomic E-state index is 11.7. The van der Waals surface area contributed by atoms with E-state index in [2.05, 4.69) is 27.7 Å². The molecule has 4 bridgehead atoms. The molecule has 1 N–H and O–H groups in total. The Kier molecular flexibility index (Phi) is 4.02. The lowest BCUT2D eigenvalue weighted by molar-refractivity contribution is -0.282. The Bertz CT molecular complexity index is 538. The summed E-state index contributed by atoms with van der Waals surface area (Å²) in [5.41, 5.74) is -0.509. The number of hydrogen-bond acceptors (Lipinski definition) is 5. The van der Waals surface area contributed by atoms with E-state index in [0.717, 1.165) is 6.42 Å². The van der Waals surface area contributed by atoms with Crippen molar-refractivity contribution in [3.63, 3.8) is 0 Å². The summed E-state index contributed by atoms with van der Waals surface area (Å²) in [6.07, 6.45) is 0.267. The van der Waals surface area contributed by atoms with Gasteiger partial charge in [0.2, 0.25) is 0 Å². The van der Waals surface area contributed by atoms with Crippen LogP contribution in [0, 0.1) is 34.5 Å². The number of esters is 2. The van der Waals surface area contributed by atoms with Gasteiger partial charge in [0.05, 0.1) is 6.10 Å². The van der Waals surface area contributed by atoms with Gasteiger partial charge in [0.1, 0.15) is 12.2 Å². The van der Waals surface area contributed by atoms with Crippen LogP contribution in [-0.2, 0) is 19.1 Å². The number of aliphatic hydroxyl groups is 1. The average Bonchev–Trinajstić information content (AvgIpc) is 2.50. The van der Waals surface area contributed by atoms with Crippen LogP contribution in [0.5, 0.6) is 0 Å². The molecule has 0 aliphatic heterocycles. The smallest absolute Gasteiger partial charge is 0.302 e. The SMILES string of the molecule is CC(=O)O[C@@H]1C[C@@H](OC(C)=O)[C@]2(C)[C@@H]3[C@@H]([C@H]2[C@H](O)C[C@@H]3C)C1(C)C. The minimum Gasteiger partial charge on any atom is -0.462 e. The number of fused-ring (bicyclic) bond motifs is 3. The van der Waals surface area contributed by atoms with Gasteiger partial charge < -0.3 is 14.6 Å². The first-order chi connectivity index (χ1) is 11.0. The summed E-state index contributed by atoms with van der Waals surface area (Å²) >= 11 is 0. The van der Waals surface area contributed by atoms with Gasteiger partial charge in [-0.25, -0.2) is 0 Å². The molecule has 8 atom stereocenters. The molecular formula is C19H30O5. The molecule has 0 radical (unpaired) electrons. The molecule has 136 valence electrons. The van der Waals surface area contributed by atoms with E-state index >= 15 is 0 Å². The van der Waals surface area contributed by atoms with Gasteiger partial charge in [-0.1, -0.05) is 27.7 Å². The molecule has 4 aliphatic carbocycles. The highest BCUT2D eigenvalue weighted by Crippen LogP contribution is 2.74.